The van der Waals surface area contributed by atoms with Gasteiger partial charge < -0.3 is 9.47 Å². The van der Waals surface area contributed by atoms with E-state index in [1.807, 2.05) is 55.5 Å². The van der Waals surface area contributed by atoms with Crippen LogP contribution in [0.3, 0.4) is 0 Å². The van der Waals surface area contributed by atoms with Crippen LogP contribution in [-0.4, -0.2) is 24.6 Å². The van der Waals surface area contributed by atoms with Crippen molar-refractivity contribution in [1.82, 2.24) is 0 Å². The van der Waals surface area contributed by atoms with Crippen molar-refractivity contribution in [1.29, 1.82) is 0 Å². The van der Waals surface area contributed by atoms with Gasteiger partial charge in [0.2, 0.25) is 0 Å². The summed E-state index contributed by atoms with van der Waals surface area (Å²) < 4.78 is 11.1. The van der Waals surface area contributed by atoms with Crippen LogP contribution in [0.2, 0.25) is 0 Å². The van der Waals surface area contributed by atoms with E-state index in [1.54, 1.807) is 0 Å². The average Bonchev–Trinajstić information content (AvgIpc) is 3.01. The number of esters is 2. The molecule has 0 bridgehead atoms. The fraction of sp³-hybridized carbons (Fsp3) is 0.459. The zero-order valence-corrected chi connectivity index (χ0v) is 25.3. The van der Waals surface area contributed by atoms with Crippen LogP contribution >= 0.6 is 0 Å². The molecule has 0 aliphatic carbocycles. The number of carbonyl (C=O) groups is 2. The predicted molar refractivity (Wildman–Crippen MR) is 169 cm³/mol. The number of unbranched alkanes of at least 4 members (excludes halogenated alkanes) is 9. The summed E-state index contributed by atoms with van der Waals surface area (Å²) in [6, 6.07) is 23.5. The summed E-state index contributed by atoms with van der Waals surface area (Å²) in [6.07, 6.45) is 13.9. The number of ether oxygens (including phenoxy) is 2. The molecule has 1 unspecified atom stereocenters. The highest BCUT2D eigenvalue weighted by Gasteiger charge is 2.12. The Morgan fingerprint density at radius 3 is 1.41 bits per heavy atom. The number of hydrogen-bond acceptors (Lipinski definition) is 4. The van der Waals surface area contributed by atoms with Crippen LogP contribution in [0.4, 0.5) is 0 Å². The molecule has 0 aliphatic rings. The van der Waals surface area contributed by atoms with Crippen LogP contribution in [-0.2, 0) is 9.47 Å². The van der Waals surface area contributed by atoms with Gasteiger partial charge in [0.15, 0.2) is 0 Å². The van der Waals surface area contributed by atoms with E-state index < -0.39 is 0 Å². The van der Waals surface area contributed by atoms with E-state index in [0.717, 1.165) is 47.9 Å². The van der Waals surface area contributed by atoms with Gasteiger partial charge in [-0.3, -0.25) is 0 Å². The van der Waals surface area contributed by atoms with Gasteiger partial charge >= 0.3 is 11.9 Å². The molecule has 3 rings (SSSR count). The van der Waals surface area contributed by atoms with E-state index in [2.05, 4.69) is 38.1 Å². The van der Waals surface area contributed by atoms with Gasteiger partial charge in [-0.05, 0) is 72.7 Å². The van der Waals surface area contributed by atoms with Crippen molar-refractivity contribution in [2.75, 3.05) is 6.61 Å². The Labute approximate surface area is 247 Å². The lowest BCUT2D eigenvalue weighted by molar-refractivity contribution is 0.0319. The van der Waals surface area contributed by atoms with Crippen molar-refractivity contribution in [2.24, 2.45) is 0 Å². The third kappa shape index (κ3) is 11.2. The first-order valence-electron chi connectivity index (χ1n) is 15.7. The number of carbonyl (C=O) groups excluding carboxylic acids is 2. The molecule has 0 amide bonds. The van der Waals surface area contributed by atoms with Crippen molar-refractivity contribution >= 4 is 11.9 Å². The molecule has 0 fully saturated rings. The van der Waals surface area contributed by atoms with Gasteiger partial charge in [-0.2, -0.15) is 0 Å². The number of hydrogen-bond donors (Lipinski definition) is 0. The maximum absolute atomic E-state index is 12.5. The highest BCUT2D eigenvalue weighted by atomic mass is 16.5. The van der Waals surface area contributed by atoms with Crippen molar-refractivity contribution in [2.45, 2.75) is 104 Å². The maximum Gasteiger partial charge on any atom is 0.338 e. The van der Waals surface area contributed by atoms with Crippen molar-refractivity contribution in [3.05, 3.63) is 83.9 Å². The minimum Gasteiger partial charge on any atom is -0.462 e. The summed E-state index contributed by atoms with van der Waals surface area (Å²) in [5.74, 6) is -0.522. The molecule has 0 saturated carbocycles. The summed E-state index contributed by atoms with van der Waals surface area (Å²) in [4.78, 5) is 24.9. The fourth-order valence-electron chi connectivity index (χ4n) is 4.93. The lowest BCUT2D eigenvalue weighted by atomic mass is 9.99. The molecule has 0 radical (unpaired) electrons. The third-order valence-corrected chi connectivity index (χ3v) is 7.55. The van der Waals surface area contributed by atoms with Gasteiger partial charge in [-0.1, -0.05) is 120 Å². The third-order valence-electron chi connectivity index (χ3n) is 7.55. The van der Waals surface area contributed by atoms with Gasteiger partial charge in [0.25, 0.3) is 0 Å². The SMILES string of the molecule is CCCCCCCCCOC(=O)c1ccc(-c2ccc(-c3ccc(C(=O)OC(C)CCCCCC)cc3)cc2)cc1. The van der Waals surface area contributed by atoms with E-state index in [1.165, 1.54) is 51.4 Å². The van der Waals surface area contributed by atoms with Crippen LogP contribution in [0, 0.1) is 0 Å². The van der Waals surface area contributed by atoms with Crippen LogP contribution in [0.5, 0.6) is 0 Å². The van der Waals surface area contributed by atoms with Gasteiger partial charge in [0.05, 0.1) is 23.8 Å². The molecule has 1 atom stereocenters. The molecule has 0 spiro atoms. The van der Waals surface area contributed by atoms with Gasteiger partial charge in [0.1, 0.15) is 0 Å². The van der Waals surface area contributed by atoms with E-state index in [-0.39, 0.29) is 18.0 Å². The number of benzene rings is 3. The minimum atomic E-state index is -0.264. The lowest BCUT2D eigenvalue weighted by Crippen LogP contribution is -2.15. The summed E-state index contributed by atoms with van der Waals surface area (Å²) in [5.41, 5.74) is 5.39. The molecule has 3 aromatic carbocycles. The molecule has 4 nitrogen and oxygen atoms in total. The Balaban J connectivity index is 1.46. The van der Waals surface area contributed by atoms with Crippen molar-refractivity contribution < 1.29 is 19.1 Å². The second-order valence-corrected chi connectivity index (χ2v) is 11.1. The van der Waals surface area contributed by atoms with E-state index in [0.29, 0.717) is 17.7 Å². The summed E-state index contributed by atoms with van der Waals surface area (Å²) in [7, 11) is 0. The average molecular weight is 557 g/mol. The highest BCUT2D eigenvalue weighted by Crippen LogP contribution is 2.26. The van der Waals surface area contributed by atoms with Crippen molar-refractivity contribution in [3.8, 4) is 22.3 Å². The van der Waals surface area contributed by atoms with Crippen LogP contribution in [0.1, 0.15) is 119 Å². The Hall–Kier alpha value is -3.40. The maximum atomic E-state index is 12.5. The molecule has 0 aliphatic heterocycles. The zero-order valence-electron chi connectivity index (χ0n) is 25.3. The number of rotatable bonds is 18. The Morgan fingerprint density at radius 2 is 0.927 bits per heavy atom. The Kier molecular flexibility index (Phi) is 14.2. The topological polar surface area (TPSA) is 52.6 Å². The summed E-state index contributed by atoms with van der Waals surface area (Å²) >= 11 is 0. The largest absolute Gasteiger partial charge is 0.462 e. The molecule has 0 heterocycles. The smallest absolute Gasteiger partial charge is 0.338 e. The lowest BCUT2D eigenvalue weighted by Gasteiger charge is -2.13. The second kappa shape index (κ2) is 18.1. The Morgan fingerprint density at radius 1 is 0.537 bits per heavy atom. The normalized spacial score (nSPS) is 11.7. The minimum absolute atomic E-state index is 0.0683. The van der Waals surface area contributed by atoms with Gasteiger partial charge in [-0.25, -0.2) is 9.59 Å². The fourth-order valence-corrected chi connectivity index (χ4v) is 4.93. The monoisotopic (exact) mass is 556 g/mol. The van der Waals surface area contributed by atoms with Crippen LogP contribution in [0.15, 0.2) is 72.8 Å². The molecule has 0 aromatic heterocycles. The van der Waals surface area contributed by atoms with Crippen LogP contribution < -0.4 is 0 Å². The first-order chi connectivity index (χ1) is 20.0. The highest BCUT2D eigenvalue weighted by molar-refractivity contribution is 5.91. The van der Waals surface area contributed by atoms with E-state index >= 15 is 0 Å². The van der Waals surface area contributed by atoms with Crippen LogP contribution in [0.25, 0.3) is 22.3 Å². The molecule has 3 aromatic rings. The van der Waals surface area contributed by atoms with E-state index in [4.69, 9.17) is 9.47 Å². The first-order valence-corrected chi connectivity index (χ1v) is 15.7. The van der Waals surface area contributed by atoms with Gasteiger partial charge in [-0.15, -0.1) is 0 Å². The standard InChI is InChI=1S/C37H48O4/c1-4-6-8-10-11-12-14-28-40-36(38)34-24-20-32(21-25-34)30-16-18-31(19-17-30)33-22-26-35(27-23-33)37(39)41-29(3)15-13-9-7-5-2/h16-27,29H,4-15,28H2,1-3H3. The molecule has 4 heteroatoms. The van der Waals surface area contributed by atoms with Crippen molar-refractivity contribution in [3.63, 3.8) is 0 Å². The first kappa shape index (κ1) is 32.1. The zero-order chi connectivity index (χ0) is 29.3. The molecule has 0 saturated heterocycles. The summed E-state index contributed by atoms with van der Waals surface area (Å²) in [6.45, 7) is 6.87. The molecule has 220 valence electrons. The molecule has 41 heavy (non-hydrogen) atoms. The van der Waals surface area contributed by atoms with E-state index in [9.17, 15) is 9.59 Å². The molecular formula is C37H48O4. The predicted octanol–water partition coefficient (Wildman–Crippen LogP) is 10.4. The molecular weight excluding hydrogens is 508 g/mol. The second-order valence-electron chi connectivity index (χ2n) is 11.1. The molecule has 0 N–H and O–H groups in total. The van der Waals surface area contributed by atoms with Gasteiger partial charge in [0, 0.05) is 0 Å². The summed E-state index contributed by atoms with van der Waals surface area (Å²) in [5, 5.41) is 0. The quantitative estimate of drug-likeness (QED) is 0.115. The Bertz CT molecular complexity index is 1160.